The van der Waals surface area contributed by atoms with Crippen molar-refractivity contribution >= 4 is 57.9 Å². The van der Waals surface area contributed by atoms with Gasteiger partial charge in [-0.2, -0.15) is 0 Å². The summed E-state index contributed by atoms with van der Waals surface area (Å²) in [7, 11) is 0. The van der Waals surface area contributed by atoms with Crippen molar-refractivity contribution in [1.29, 1.82) is 0 Å². The van der Waals surface area contributed by atoms with Gasteiger partial charge in [0.15, 0.2) is 0 Å². The number of hydrogen-bond acceptors (Lipinski definition) is 7. The number of nitrogens with zero attached hydrogens (tertiary/aromatic N) is 2. The van der Waals surface area contributed by atoms with Crippen LogP contribution in [-0.4, -0.2) is 67.6 Å². The second kappa shape index (κ2) is 8.04. The molecule has 2 N–H and O–H groups in total. The van der Waals surface area contributed by atoms with Crippen LogP contribution in [-0.2, 0) is 14.4 Å². The maximum absolute atomic E-state index is 12.3. The summed E-state index contributed by atoms with van der Waals surface area (Å²) in [6.45, 7) is 2.50. The van der Waals surface area contributed by atoms with Crippen LogP contribution in [0.3, 0.4) is 0 Å². The van der Waals surface area contributed by atoms with Gasteiger partial charge in [-0.15, -0.1) is 11.8 Å². The summed E-state index contributed by atoms with van der Waals surface area (Å²) in [4.78, 5) is 37.3. The van der Waals surface area contributed by atoms with E-state index in [2.05, 4.69) is 0 Å². The van der Waals surface area contributed by atoms with Crippen LogP contribution in [0.5, 0.6) is 0 Å². The van der Waals surface area contributed by atoms with Crippen LogP contribution in [0.15, 0.2) is 21.6 Å². The van der Waals surface area contributed by atoms with Crippen molar-refractivity contribution in [2.75, 3.05) is 25.4 Å². The number of aliphatic carboxylic acids is 2. The number of carboxylic acid groups (broad SMARTS) is 2. The van der Waals surface area contributed by atoms with Crippen LogP contribution in [0.2, 0.25) is 0 Å². The number of hydrogen-bond donors (Lipinski definition) is 2. The number of amides is 1. The van der Waals surface area contributed by atoms with Crippen molar-refractivity contribution < 1.29 is 24.6 Å². The molecule has 0 saturated carbocycles. The molecule has 2 aliphatic rings. The Balaban J connectivity index is 2.17. The fraction of sp³-hybridized carbons (Fsp3) is 0.429. The monoisotopic (exact) mass is 388 g/mol. The molecule has 130 valence electrons. The first-order chi connectivity index (χ1) is 11.3. The third-order valence-electron chi connectivity index (χ3n) is 3.36. The van der Waals surface area contributed by atoms with Gasteiger partial charge in [0.25, 0.3) is 5.91 Å². The third kappa shape index (κ3) is 4.52. The number of carboxylic acids is 2. The molecule has 0 aromatic rings. The van der Waals surface area contributed by atoms with E-state index in [4.69, 9.17) is 22.4 Å². The largest absolute Gasteiger partial charge is 0.481 e. The van der Waals surface area contributed by atoms with Crippen LogP contribution in [0, 0.1) is 0 Å². The van der Waals surface area contributed by atoms with Gasteiger partial charge < -0.3 is 15.1 Å². The van der Waals surface area contributed by atoms with Crippen LogP contribution >= 0.6 is 35.7 Å². The lowest BCUT2D eigenvalue weighted by Gasteiger charge is -2.18. The molecule has 0 atom stereocenters. The predicted octanol–water partition coefficient (Wildman–Crippen LogP) is 1.57. The Hall–Kier alpha value is -1.52. The molecular formula is C14H16N2O5S3. The molecule has 0 radical (unpaired) electrons. The summed E-state index contributed by atoms with van der Waals surface area (Å²) in [5, 5.41) is 18.6. The van der Waals surface area contributed by atoms with Gasteiger partial charge in [-0.25, -0.2) is 0 Å². The molecule has 0 aromatic heterocycles. The molecule has 0 bridgehead atoms. The summed E-state index contributed by atoms with van der Waals surface area (Å²) >= 11 is 7.77. The number of thioether (sulfide) groups is 2. The van der Waals surface area contributed by atoms with E-state index in [-0.39, 0.29) is 10.7 Å². The molecule has 2 rings (SSSR count). The number of allylic oxidation sites excluding steroid dienone is 2. The lowest BCUT2D eigenvalue weighted by molar-refractivity contribution is -0.140. The van der Waals surface area contributed by atoms with Gasteiger partial charge in [-0.1, -0.05) is 24.0 Å². The highest BCUT2D eigenvalue weighted by atomic mass is 32.2. The topological polar surface area (TPSA) is 98.2 Å². The van der Waals surface area contributed by atoms with Crippen molar-refractivity contribution in [3.63, 3.8) is 0 Å². The van der Waals surface area contributed by atoms with Crippen molar-refractivity contribution in [3.05, 3.63) is 21.6 Å². The average molecular weight is 388 g/mol. The molecule has 2 heterocycles. The Morgan fingerprint density at radius 2 is 2.04 bits per heavy atom. The average Bonchev–Trinajstić information content (AvgIpc) is 3.04. The number of rotatable bonds is 6. The molecular weight excluding hydrogens is 372 g/mol. The van der Waals surface area contributed by atoms with Crippen LogP contribution in [0.1, 0.15) is 13.3 Å². The number of carbonyl (C=O) groups is 3. The lowest BCUT2D eigenvalue weighted by atomic mass is 10.2. The molecule has 10 heteroatoms. The minimum absolute atomic E-state index is 0.0532. The van der Waals surface area contributed by atoms with Gasteiger partial charge in [0.1, 0.15) is 10.9 Å². The Labute approximate surface area is 152 Å². The SMILES string of the molecule is CC(C=C1SCCN1CCC(=O)O)=C1SC(=S)N(CC(=O)O)C1=O. The van der Waals surface area contributed by atoms with E-state index in [0.29, 0.717) is 17.0 Å². The van der Waals surface area contributed by atoms with Crippen LogP contribution in [0.25, 0.3) is 0 Å². The highest BCUT2D eigenvalue weighted by molar-refractivity contribution is 8.26. The van der Waals surface area contributed by atoms with E-state index in [0.717, 1.165) is 34.0 Å². The first-order valence-electron chi connectivity index (χ1n) is 7.07. The zero-order valence-corrected chi connectivity index (χ0v) is 15.3. The fourth-order valence-electron chi connectivity index (χ4n) is 2.21. The van der Waals surface area contributed by atoms with Gasteiger partial charge in [0.2, 0.25) is 0 Å². The van der Waals surface area contributed by atoms with Crippen LogP contribution < -0.4 is 0 Å². The quantitative estimate of drug-likeness (QED) is 0.519. The minimum atomic E-state index is -1.12. The summed E-state index contributed by atoms with van der Waals surface area (Å²) in [5.74, 6) is -1.51. The summed E-state index contributed by atoms with van der Waals surface area (Å²) in [5.41, 5.74) is 0.699. The number of carbonyl (C=O) groups excluding carboxylic acids is 1. The van der Waals surface area contributed by atoms with Crippen molar-refractivity contribution in [1.82, 2.24) is 9.80 Å². The Morgan fingerprint density at radius 1 is 1.33 bits per heavy atom. The van der Waals surface area contributed by atoms with Crippen LogP contribution in [0.4, 0.5) is 0 Å². The van der Waals surface area contributed by atoms with Gasteiger partial charge in [-0.05, 0) is 18.6 Å². The standard InChI is InChI=1S/C14H16N2O5S3/c1-8(6-9-15(4-5-23-9)3-2-10(17)18)12-13(21)16(7-11(19)20)14(22)24-12/h6H,2-5,7H2,1H3,(H,17,18)(H,19,20). The van der Waals surface area contributed by atoms with E-state index in [1.54, 1.807) is 18.7 Å². The highest BCUT2D eigenvalue weighted by Gasteiger charge is 2.34. The maximum atomic E-state index is 12.3. The fourth-order valence-corrected chi connectivity index (χ4v) is 4.60. The Morgan fingerprint density at radius 3 is 2.67 bits per heavy atom. The Kier molecular flexibility index (Phi) is 6.30. The molecule has 2 saturated heterocycles. The first kappa shape index (κ1) is 18.8. The van der Waals surface area contributed by atoms with Crippen molar-refractivity contribution in [3.8, 4) is 0 Å². The van der Waals surface area contributed by atoms with Gasteiger partial charge >= 0.3 is 11.9 Å². The highest BCUT2D eigenvalue weighted by Crippen LogP contribution is 2.36. The molecule has 2 fully saturated rings. The molecule has 0 aliphatic carbocycles. The molecule has 2 aliphatic heterocycles. The van der Waals surface area contributed by atoms with Crippen molar-refractivity contribution in [2.24, 2.45) is 0 Å². The van der Waals surface area contributed by atoms with Gasteiger partial charge in [0, 0.05) is 18.8 Å². The van der Waals surface area contributed by atoms with E-state index in [9.17, 15) is 14.4 Å². The lowest BCUT2D eigenvalue weighted by Crippen LogP contribution is -2.33. The molecule has 1 amide bonds. The molecule has 24 heavy (non-hydrogen) atoms. The zero-order chi connectivity index (χ0) is 17.9. The maximum Gasteiger partial charge on any atom is 0.323 e. The summed E-state index contributed by atoms with van der Waals surface area (Å²) in [6.07, 6.45) is 1.89. The van der Waals surface area contributed by atoms with Gasteiger partial charge in [0.05, 0.1) is 16.4 Å². The molecule has 0 spiro atoms. The second-order valence-electron chi connectivity index (χ2n) is 5.13. The molecule has 0 aromatic carbocycles. The predicted molar refractivity (Wildman–Crippen MR) is 96.6 cm³/mol. The zero-order valence-electron chi connectivity index (χ0n) is 12.9. The summed E-state index contributed by atoms with van der Waals surface area (Å²) < 4.78 is 0.233. The first-order valence-corrected chi connectivity index (χ1v) is 9.28. The van der Waals surface area contributed by atoms with E-state index in [1.165, 1.54) is 0 Å². The summed E-state index contributed by atoms with van der Waals surface area (Å²) in [6, 6.07) is 0. The second-order valence-corrected chi connectivity index (χ2v) is 7.89. The van der Waals surface area contributed by atoms with Gasteiger partial charge in [-0.3, -0.25) is 19.3 Å². The molecule has 7 nitrogen and oxygen atoms in total. The van der Waals surface area contributed by atoms with E-state index >= 15 is 0 Å². The Bertz CT molecular complexity index is 659. The minimum Gasteiger partial charge on any atom is -0.481 e. The number of thiocarbonyl (C=S) groups is 1. The normalized spacial score (nSPS) is 21.8. The molecule has 0 unspecified atom stereocenters. The van der Waals surface area contributed by atoms with E-state index < -0.39 is 24.4 Å². The smallest absolute Gasteiger partial charge is 0.323 e. The van der Waals surface area contributed by atoms with E-state index in [1.807, 2.05) is 11.0 Å². The van der Waals surface area contributed by atoms with Crippen molar-refractivity contribution in [2.45, 2.75) is 13.3 Å². The third-order valence-corrected chi connectivity index (χ3v) is 5.98.